The van der Waals surface area contributed by atoms with Gasteiger partial charge in [-0.2, -0.15) is 4.73 Å². The van der Waals surface area contributed by atoms with Crippen molar-refractivity contribution in [1.29, 1.82) is 0 Å². The van der Waals surface area contributed by atoms with Gasteiger partial charge in [0, 0.05) is 19.1 Å². The van der Waals surface area contributed by atoms with E-state index in [1.165, 1.54) is 0 Å². The number of aromatic nitrogens is 1. The van der Waals surface area contributed by atoms with E-state index in [0.717, 1.165) is 15.9 Å². The zero-order valence-corrected chi connectivity index (χ0v) is 10.5. The molecule has 3 rings (SSSR count). The Kier molecular flexibility index (Phi) is 2.80. The minimum atomic E-state index is 0.615. The summed E-state index contributed by atoms with van der Waals surface area (Å²) in [7, 11) is 0. The Bertz CT molecular complexity index is 723. The summed E-state index contributed by atoms with van der Waals surface area (Å²) in [6.45, 7) is 1.78. The van der Waals surface area contributed by atoms with Crippen molar-refractivity contribution in [1.82, 2.24) is 0 Å². The summed E-state index contributed by atoms with van der Waals surface area (Å²) >= 11 is 0. The van der Waals surface area contributed by atoms with E-state index in [1.807, 2.05) is 48.5 Å². The van der Waals surface area contributed by atoms with Gasteiger partial charge in [0.15, 0.2) is 5.69 Å². The lowest BCUT2D eigenvalue weighted by Crippen LogP contribution is -2.30. The normalized spacial score (nSPS) is 10.6. The van der Waals surface area contributed by atoms with Gasteiger partial charge in [0.2, 0.25) is 5.52 Å². The Labute approximate surface area is 111 Å². The van der Waals surface area contributed by atoms with Crippen LogP contribution in [-0.4, -0.2) is 0 Å². The van der Waals surface area contributed by atoms with Crippen LogP contribution in [0.4, 0.5) is 0 Å². The quantitative estimate of drug-likeness (QED) is 0.515. The second kappa shape index (κ2) is 4.61. The van der Waals surface area contributed by atoms with Gasteiger partial charge < -0.3 is 9.94 Å². The molecule has 94 valence electrons. The predicted molar refractivity (Wildman–Crippen MR) is 74.2 cm³/mol. The number of ether oxygens (including phenoxy) is 1. The SMILES string of the molecule is Cc1cc(Oc2ccccc2)c2ccccc2[n+]1[O-]. The molecule has 19 heavy (non-hydrogen) atoms. The first-order valence-electron chi connectivity index (χ1n) is 6.10. The van der Waals surface area contributed by atoms with Gasteiger partial charge in [-0.15, -0.1) is 0 Å². The van der Waals surface area contributed by atoms with Crippen molar-refractivity contribution in [3.63, 3.8) is 0 Å². The molecule has 0 radical (unpaired) electrons. The smallest absolute Gasteiger partial charge is 0.227 e. The first-order valence-corrected chi connectivity index (χ1v) is 6.10. The van der Waals surface area contributed by atoms with Crippen LogP contribution < -0.4 is 9.47 Å². The van der Waals surface area contributed by atoms with Crippen molar-refractivity contribution in [3.8, 4) is 11.5 Å². The molecule has 0 amide bonds. The molecule has 0 spiro atoms. The first kappa shape index (κ1) is 11.5. The minimum Gasteiger partial charge on any atom is -0.618 e. The number of rotatable bonds is 2. The van der Waals surface area contributed by atoms with Crippen molar-refractivity contribution in [2.24, 2.45) is 0 Å². The highest BCUT2D eigenvalue weighted by atomic mass is 16.5. The van der Waals surface area contributed by atoms with Crippen LogP contribution in [-0.2, 0) is 0 Å². The molecular formula is C16H13NO2. The van der Waals surface area contributed by atoms with Crippen LogP contribution in [0.25, 0.3) is 10.9 Å². The fraction of sp³-hybridized carbons (Fsp3) is 0.0625. The molecule has 2 aromatic carbocycles. The second-order valence-corrected chi connectivity index (χ2v) is 4.38. The van der Waals surface area contributed by atoms with E-state index in [9.17, 15) is 5.21 Å². The molecule has 0 saturated carbocycles. The lowest BCUT2D eigenvalue weighted by molar-refractivity contribution is -0.584. The molecule has 3 aromatic rings. The molecular weight excluding hydrogens is 238 g/mol. The third-order valence-corrected chi connectivity index (χ3v) is 3.02. The molecule has 0 saturated heterocycles. The summed E-state index contributed by atoms with van der Waals surface area (Å²) in [4.78, 5) is 0. The summed E-state index contributed by atoms with van der Waals surface area (Å²) in [6, 6.07) is 18.8. The molecule has 0 aliphatic heterocycles. The van der Waals surface area contributed by atoms with Crippen LogP contribution >= 0.6 is 0 Å². The molecule has 3 heteroatoms. The average Bonchev–Trinajstić information content (AvgIpc) is 2.46. The van der Waals surface area contributed by atoms with Crippen molar-refractivity contribution in [2.75, 3.05) is 0 Å². The Morgan fingerprint density at radius 3 is 2.42 bits per heavy atom. The number of hydrogen-bond donors (Lipinski definition) is 0. The van der Waals surface area contributed by atoms with Gasteiger partial charge in [0.05, 0.1) is 5.39 Å². The number of hydrogen-bond acceptors (Lipinski definition) is 2. The summed E-state index contributed by atoms with van der Waals surface area (Å²) in [6.07, 6.45) is 0. The van der Waals surface area contributed by atoms with E-state index < -0.39 is 0 Å². The van der Waals surface area contributed by atoms with Gasteiger partial charge in [0.25, 0.3) is 0 Å². The van der Waals surface area contributed by atoms with E-state index in [-0.39, 0.29) is 0 Å². The van der Waals surface area contributed by atoms with Crippen LogP contribution in [0.5, 0.6) is 11.5 Å². The van der Waals surface area contributed by atoms with E-state index in [1.54, 1.807) is 19.1 Å². The Morgan fingerprint density at radius 1 is 0.947 bits per heavy atom. The van der Waals surface area contributed by atoms with Gasteiger partial charge in [-0.1, -0.05) is 30.3 Å². The maximum atomic E-state index is 12.0. The van der Waals surface area contributed by atoms with Crippen molar-refractivity contribution >= 4 is 10.9 Å². The number of para-hydroxylation sites is 2. The van der Waals surface area contributed by atoms with Crippen LogP contribution in [0.1, 0.15) is 5.69 Å². The molecule has 0 fully saturated rings. The van der Waals surface area contributed by atoms with E-state index in [4.69, 9.17) is 4.74 Å². The number of aryl methyl sites for hydroxylation is 1. The molecule has 3 nitrogen and oxygen atoms in total. The van der Waals surface area contributed by atoms with Crippen molar-refractivity contribution < 1.29 is 9.47 Å². The maximum Gasteiger partial charge on any atom is 0.227 e. The highest BCUT2D eigenvalue weighted by Crippen LogP contribution is 2.28. The minimum absolute atomic E-state index is 0.615. The standard InChI is InChI=1S/C16H13NO2/c1-12-11-16(19-13-7-3-2-4-8-13)14-9-5-6-10-15(14)17(12)18/h2-11H,1H3. The highest BCUT2D eigenvalue weighted by molar-refractivity contribution is 5.83. The fourth-order valence-corrected chi connectivity index (χ4v) is 2.08. The second-order valence-electron chi connectivity index (χ2n) is 4.38. The van der Waals surface area contributed by atoms with E-state index in [2.05, 4.69) is 0 Å². The van der Waals surface area contributed by atoms with Crippen LogP contribution in [0, 0.1) is 12.1 Å². The van der Waals surface area contributed by atoms with Crippen molar-refractivity contribution in [2.45, 2.75) is 6.92 Å². The largest absolute Gasteiger partial charge is 0.618 e. The number of nitrogens with zero attached hydrogens (tertiary/aromatic N) is 1. The maximum absolute atomic E-state index is 12.0. The zero-order chi connectivity index (χ0) is 13.2. The number of benzene rings is 2. The number of fused-ring (bicyclic) bond motifs is 1. The summed E-state index contributed by atoms with van der Waals surface area (Å²) in [5.74, 6) is 1.46. The average molecular weight is 251 g/mol. The molecule has 0 N–H and O–H groups in total. The zero-order valence-electron chi connectivity index (χ0n) is 10.5. The van der Waals surface area contributed by atoms with Gasteiger partial charge >= 0.3 is 0 Å². The first-order chi connectivity index (χ1) is 9.25. The van der Waals surface area contributed by atoms with Crippen LogP contribution in [0.15, 0.2) is 60.7 Å². The van der Waals surface area contributed by atoms with Gasteiger partial charge in [-0.05, 0) is 18.2 Å². The fourth-order valence-electron chi connectivity index (χ4n) is 2.08. The summed E-state index contributed by atoms with van der Waals surface area (Å²) < 4.78 is 6.80. The Morgan fingerprint density at radius 2 is 1.63 bits per heavy atom. The van der Waals surface area contributed by atoms with Gasteiger partial charge in [-0.3, -0.25) is 0 Å². The molecule has 0 atom stereocenters. The molecule has 0 aliphatic rings. The number of pyridine rings is 1. The lowest BCUT2D eigenvalue weighted by atomic mass is 10.2. The monoisotopic (exact) mass is 251 g/mol. The molecule has 0 aliphatic carbocycles. The van der Waals surface area contributed by atoms with E-state index >= 15 is 0 Å². The summed E-state index contributed by atoms with van der Waals surface area (Å²) in [5, 5.41) is 12.8. The van der Waals surface area contributed by atoms with E-state index in [0.29, 0.717) is 17.0 Å². The lowest BCUT2D eigenvalue weighted by Gasteiger charge is -2.11. The van der Waals surface area contributed by atoms with Crippen LogP contribution in [0.2, 0.25) is 0 Å². The van der Waals surface area contributed by atoms with Gasteiger partial charge in [-0.25, -0.2) is 0 Å². The highest BCUT2D eigenvalue weighted by Gasteiger charge is 2.13. The molecule has 1 aromatic heterocycles. The Hall–Kier alpha value is -2.55. The molecule has 0 unspecified atom stereocenters. The molecule has 0 bridgehead atoms. The van der Waals surface area contributed by atoms with Crippen LogP contribution in [0.3, 0.4) is 0 Å². The third-order valence-electron chi connectivity index (χ3n) is 3.02. The topological polar surface area (TPSA) is 36.2 Å². The third kappa shape index (κ3) is 2.10. The van der Waals surface area contributed by atoms with Gasteiger partial charge in [0.1, 0.15) is 11.5 Å². The Balaban J connectivity index is 2.16. The molecule has 1 heterocycles. The van der Waals surface area contributed by atoms with Crippen molar-refractivity contribution in [3.05, 3.63) is 71.6 Å². The predicted octanol–water partition coefficient (Wildman–Crippen LogP) is 3.57. The summed E-state index contributed by atoms with van der Waals surface area (Å²) in [5.41, 5.74) is 1.23.